The minimum atomic E-state index is 0.0740. The maximum Gasteiger partial charge on any atom is -0.00589 e. The Labute approximate surface area is 162 Å². The summed E-state index contributed by atoms with van der Waals surface area (Å²) < 4.78 is 0. The van der Waals surface area contributed by atoms with Gasteiger partial charge in [0.05, 0.1) is 0 Å². The van der Waals surface area contributed by atoms with Gasteiger partial charge in [0.25, 0.3) is 0 Å². The average molecular weight is 353 g/mol. The van der Waals surface area contributed by atoms with E-state index in [1.807, 2.05) is 0 Å². The molecule has 4 aromatic carbocycles. The van der Waals surface area contributed by atoms with Gasteiger partial charge in [-0.1, -0.05) is 107 Å². The molecule has 0 saturated carbocycles. The third kappa shape index (κ3) is 3.04. The van der Waals surface area contributed by atoms with Crippen LogP contribution < -0.4 is 0 Å². The van der Waals surface area contributed by atoms with Gasteiger partial charge in [0, 0.05) is 0 Å². The molecule has 0 aromatic heterocycles. The summed E-state index contributed by atoms with van der Waals surface area (Å²) in [6.07, 6.45) is 0. The van der Waals surface area contributed by atoms with Crippen LogP contribution in [0.4, 0.5) is 0 Å². The molecule has 136 valence electrons. The Morgan fingerprint density at radius 1 is 0.593 bits per heavy atom. The molecule has 0 nitrogen and oxygen atoms in total. The topological polar surface area (TPSA) is 0 Å². The molecule has 0 atom stereocenters. The van der Waals surface area contributed by atoms with E-state index < -0.39 is 0 Å². The maximum atomic E-state index is 2.34. The first kappa shape index (κ1) is 17.8. The van der Waals surface area contributed by atoms with Crippen LogP contribution in [0, 0.1) is 0 Å². The summed E-state index contributed by atoms with van der Waals surface area (Å²) in [5, 5.41) is 5.32. The first-order valence-electron chi connectivity index (χ1n) is 9.92. The van der Waals surface area contributed by atoms with Crippen molar-refractivity contribution in [3.63, 3.8) is 0 Å². The summed E-state index contributed by atoms with van der Waals surface area (Å²) in [4.78, 5) is 0. The molecule has 4 rings (SSSR count). The van der Waals surface area contributed by atoms with E-state index in [9.17, 15) is 0 Å². The average Bonchev–Trinajstić information content (AvgIpc) is 2.65. The quantitative estimate of drug-likeness (QED) is 0.342. The van der Waals surface area contributed by atoms with E-state index in [-0.39, 0.29) is 5.41 Å². The van der Waals surface area contributed by atoms with Gasteiger partial charge in [0.15, 0.2) is 0 Å². The van der Waals surface area contributed by atoms with Crippen molar-refractivity contribution in [3.8, 4) is 11.1 Å². The highest BCUT2D eigenvalue weighted by atomic mass is 14.3. The van der Waals surface area contributed by atoms with E-state index in [1.165, 1.54) is 43.8 Å². The third-order valence-electron chi connectivity index (χ3n) is 5.57. The number of fused-ring (bicyclic) bond motifs is 2. The Morgan fingerprint density at radius 3 is 1.67 bits per heavy atom. The van der Waals surface area contributed by atoms with E-state index in [4.69, 9.17) is 0 Å². The predicted octanol–water partition coefficient (Wildman–Crippen LogP) is 8.08. The highest BCUT2D eigenvalue weighted by molar-refractivity contribution is 6.08. The lowest BCUT2D eigenvalue weighted by Gasteiger charge is -2.27. The van der Waals surface area contributed by atoms with E-state index in [2.05, 4.69) is 107 Å². The Morgan fingerprint density at radius 2 is 1.11 bits per heavy atom. The zero-order valence-electron chi connectivity index (χ0n) is 17.0. The largest absolute Gasteiger partial charge is 0.0616 e. The van der Waals surface area contributed by atoms with Gasteiger partial charge in [-0.3, -0.25) is 0 Å². The van der Waals surface area contributed by atoms with Crippen LogP contribution in [0.5, 0.6) is 0 Å². The molecule has 0 radical (unpaired) electrons. The fourth-order valence-corrected chi connectivity index (χ4v) is 4.21. The SMILES string of the molecule is CC(C)c1ccc2ccccc2c1-c1c(C(C)(C)C)ccc2ccccc12. The molecule has 0 fully saturated rings. The second kappa shape index (κ2) is 6.53. The van der Waals surface area contributed by atoms with Gasteiger partial charge in [-0.25, -0.2) is 0 Å². The lowest BCUT2D eigenvalue weighted by Crippen LogP contribution is -2.13. The summed E-state index contributed by atoms with van der Waals surface area (Å²) in [5.74, 6) is 0.469. The van der Waals surface area contributed by atoms with Crippen molar-refractivity contribution in [3.05, 3.63) is 83.9 Å². The zero-order chi connectivity index (χ0) is 19.2. The van der Waals surface area contributed by atoms with Crippen molar-refractivity contribution < 1.29 is 0 Å². The molecule has 0 N–H and O–H groups in total. The molecule has 0 spiro atoms. The number of rotatable bonds is 2. The Kier molecular flexibility index (Phi) is 4.30. The van der Waals surface area contributed by atoms with Crippen LogP contribution in [0.1, 0.15) is 51.7 Å². The van der Waals surface area contributed by atoms with Crippen molar-refractivity contribution in [1.29, 1.82) is 0 Å². The molecular weight excluding hydrogens is 324 g/mol. The monoisotopic (exact) mass is 352 g/mol. The zero-order valence-corrected chi connectivity index (χ0v) is 17.0. The Hall–Kier alpha value is -2.60. The molecule has 0 saturated heterocycles. The molecular formula is C27H28. The van der Waals surface area contributed by atoms with Crippen molar-refractivity contribution in [2.24, 2.45) is 0 Å². The second-order valence-corrected chi connectivity index (χ2v) is 8.86. The molecule has 0 aliphatic carbocycles. The summed E-state index contributed by atoms with van der Waals surface area (Å²) in [5.41, 5.74) is 5.73. The first-order chi connectivity index (χ1) is 12.9. The fourth-order valence-electron chi connectivity index (χ4n) is 4.21. The molecule has 0 heterocycles. The molecule has 0 aliphatic rings. The lowest BCUT2D eigenvalue weighted by molar-refractivity contribution is 0.592. The third-order valence-corrected chi connectivity index (χ3v) is 5.57. The molecule has 4 aromatic rings. The molecule has 0 amide bonds. The van der Waals surface area contributed by atoms with Crippen LogP contribution in [0.2, 0.25) is 0 Å². The first-order valence-corrected chi connectivity index (χ1v) is 9.92. The minimum absolute atomic E-state index is 0.0740. The molecule has 0 bridgehead atoms. The van der Waals surface area contributed by atoms with Gasteiger partial charge in [-0.05, 0) is 55.1 Å². The standard InChI is InChI=1S/C27H28/c1-18(2)21-16-14-19-10-6-8-12-22(19)25(21)26-23-13-9-7-11-20(23)15-17-24(26)27(3,4)5/h6-18H,1-5H3. The van der Waals surface area contributed by atoms with E-state index >= 15 is 0 Å². The Bertz CT molecular complexity index is 1120. The number of benzene rings is 4. The number of hydrogen-bond acceptors (Lipinski definition) is 0. The van der Waals surface area contributed by atoms with Crippen LogP contribution >= 0.6 is 0 Å². The Balaban J connectivity index is 2.25. The van der Waals surface area contributed by atoms with Gasteiger partial charge in [0.2, 0.25) is 0 Å². The van der Waals surface area contributed by atoms with Crippen molar-refractivity contribution in [2.45, 2.75) is 46.0 Å². The van der Waals surface area contributed by atoms with Crippen LogP contribution in [-0.2, 0) is 5.41 Å². The van der Waals surface area contributed by atoms with Crippen molar-refractivity contribution in [1.82, 2.24) is 0 Å². The number of hydrogen-bond donors (Lipinski definition) is 0. The summed E-state index contributed by atoms with van der Waals surface area (Å²) in [6.45, 7) is 11.6. The molecule has 27 heavy (non-hydrogen) atoms. The smallest absolute Gasteiger partial charge is 0.00589 e. The summed E-state index contributed by atoms with van der Waals surface area (Å²) in [6, 6.07) is 26.8. The van der Waals surface area contributed by atoms with Crippen LogP contribution in [-0.4, -0.2) is 0 Å². The second-order valence-electron chi connectivity index (χ2n) is 8.86. The van der Waals surface area contributed by atoms with Crippen LogP contribution in [0.3, 0.4) is 0 Å². The van der Waals surface area contributed by atoms with Crippen molar-refractivity contribution in [2.75, 3.05) is 0 Å². The summed E-state index contributed by atoms with van der Waals surface area (Å²) in [7, 11) is 0. The molecule has 0 heteroatoms. The van der Waals surface area contributed by atoms with Crippen LogP contribution in [0.15, 0.2) is 72.8 Å². The normalized spacial score (nSPS) is 12.2. The minimum Gasteiger partial charge on any atom is -0.0616 e. The highest BCUT2D eigenvalue weighted by Crippen LogP contribution is 2.44. The van der Waals surface area contributed by atoms with Gasteiger partial charge < -0.3 is 0 Å². The van der Waals surface area contributed by atoms with Crippen molar-refractivity contribution >= 4 is 21.5 Å². The highest BCUT2D eigenvalue weighted by Gasteiger charge is 2.24. The van der Waals surface area contributed by atoms with E-state index in [0.29, 0.717) is 5.92 Å². The summed E-state index contributed by atoms with van der Waals surface area (Å²) >= 11 is 0. The lowest BCUT2D eigenvalue weighted by atomic mass is 9.77. The van der Waals surface area contributed by atoms with Crippen LogP contribution in [0.25, 0.3) is 32.7 Å². The van der Waals surface area contributed by atoms with Gasteiger partial charge in [-0.15, -0.1) is 0 Å². The van der Waals surface area contributed by atoms with E-state index in [0.717, 1.165) is 0 Å². The molecule has 0 unspecified atom stereocenters. The fraction of sp³-hybridized carbons (Fsp3) is 0.259. The van der Waals surface area contributed by atoms with Gasteiger partial charge >= 0.3 is 0 Å². The predicted molar refractivity (Wildman–Crippen MR) is 120 cm³/mol. The van der Waals surface area contributed by atoms with E-state index in [1.54, 1.807) is 0 Å². The van der Waals surface area contributed by atoms with Gasteiger partial charge in [-0.2, -0.15) is 0 Å². The molecule has 0 aliphatic heterocycles. The maximum absolute atomic E-state index is 2.34. The van der Waals surface area contributed by atoms with Gasteiger partial charge in [0.1, 0.15) is 0 Å².